The van der Waals surface area contributed by atoms with E-state index in [-0.39, 0.29) is 6.42 Å². The van der Waals surface area contributed by atoms with E-state index in [1.54, 1.807) is 0 Å². The van der Waals surface area contributed by atoms with Crippen LogP contribution in [0.1, 0.15) is 51.2 Å². The minimum Gasteiger partial charge on any atom is -0.481 e. The van der Waals surface area contributed by atoms with Gasteiger partial charge in [-0.3, -0.25) is 4.79 Å². The Morgan fingerprint density at radius 1 is 1.25 bits per heavy atom. The number of aliphatic carboxylic acids is 1. The van der Waals surface area contributed by atoms with E-state index in [1.807, 2.05) is 32.0 Å². The van der Waals surface area contributed by atoms with Crippen LogP contribution in [0.25, 0.3) is 0 Å². The highest BCUT2D eigenvalue weighted by Crippen LogP contribution is 2.20. The number of hydrogen-bond donors (Lipinski definition) is 1. The maximum absolute atomic E-state index is 10.5. The normalized spacial score (nSPS) is 9.56. The molecule has 0 amide bonds. The second-order valence-electron chi connectivity index (χ2n) is 3.75. The van der Waals surface area contributed by atoms with Crippen LogP contribution in [0, 0.1) is 0 Å². The molecule has 2 nitrogen and oxygen atoms in total. The zero-order valence-electron chi connectivity index (χ0n) is 10.7. The number of carboxylic acids is 1. The Labute approximate surface area is 98.3 Å². The Morgan fingerprint density at radius 2 is 1.81 bits per heavy atom. The van der Waals surface area contributed by atoms with Crippen molar-refractivity contribution >= 4 is 5.97 Å². The molecule has 0 saturated heterocycles. The number of carbonyl (C=O) groups is 1. The van der Waals surface area contributed by atoms with Gasteiger partial charge in [-0.05, 0) is 23.5 Å². The van der Waals surface area contributed by atoms with E-state index in [0.29, 0.717) is 12.3 Å². The van der Waals surface area contributed by atoms with Crippen molar-refractivity contribution in [3.05, 3.63) is 35.4 Å². The molecule has 0 unspecified atom stereocenters. The summed E-state index contributed by atoms with van der Waals surface area (Å²) in [4.78, 5) is 10.5. The molecule has 0 fully saturated rings. The van der Waals surface area contributed by atoms with E-state index in [0.717, 1.165) is 5.56 Å². The molecule has 2 heteroatoms. The zero-order chi connectivity index (χ0) is 12.6. The highest BCUT2D eigenvalue weighted by molar-refractivity contribution is 5.67. The van der Waals surface area contributed by atoms with E-state index >= 15 is 0 Å². The lowest BCUT2D eigenvalue weighted by Gasteiger charge is -2.11. The number of carboxylic acid groups (broad SMARTS) is 1. The molecule has 0 spiro atoms. The first-order chi connectivity index (χ1) is 7.61. The van der Waals surface area contributed by atoms with Gasteiger partial charge in [0.1, 0.15) is 0 Å². The standard InChI is InChI=1S/C12H16O2.C2H6/c1-9(2)11-6-4-3-5-10(11)7-8-12(13)14;1-2/h3-6,9H,7-8H2,1-2H3,(H,13,14);1-2H3. The van der Waals surface area contributed by atoms with Crippen LogP contribution in [0.4, 0.5) is 0 Å². The third-order valence-corrected chi connectivity index (χ3v) is 2.29. The fourth-order valence-corrected chi connectivity index (χ4v) is 1.57. The smallest absolute Gasteiger partial charge is 0.303 e. The summed E-state index contributed by atoms with van der Waals surface area (Å²) in [5.74, 6) is -0.274. The summed E-state index contributed by atoms with van der Waals surface area (Å²) >= 11 is 0. The predicted molar refractivity (Wildman–Crippen MR) is 67.8 cm³/mol. The summed E-state index contributed by atoms with van der Waals surface area (Å²) in [5.41, 5.74) is 2.42. The lowest BCUT2D eigenvalue weighted by atomic mass is 9.95. The molecule has 0 aliphatic heterocycles. The summed E-state index contributed by atoms with van der Waals surface area (Å²) in [6.45, 7) is 8.25. The van der Waals surface area contributed by atoms with Gasteiger partial charge in [0.2, 0.25) is 0 Å². The quantitative estimate of drug-likeness (QED) is 0.840. The average Bonchev–Trinajstić information content (AvgIpc) is 2.29. The monoisotopic (exact) mass is 222 g/mol. The summed E-state index contributed by atoms with van der Waals surface area (Å²) in [7, 11) is 0. The Bertz CT molecular complexity index is 316. The summed E-state index contributed by atoms with van der Waals surface area (Å²) in [6, 6.07) is 8.04. The summed E-state index contributed by atoms with van der Waals surface area (Å²) in [6.07, 6.45) is 0.841. The van der Waals surface area contributed by atoms with Gasteiger partial charge in [0.25, 0.3) is 0 Å². The highest BCUT2D eigenvalue weighted by atomic mass is 16.4. The molecule has 0 heterocycles. The number of benzene rings is 1. The molecule has 0 saturated carbocycles. The highest BCUT2D eigenvalue weighted by Gasteiger charge is 2.06. The molecule has 0 bridgehead atoms. The van der Waals surface area contributed by atoms with Crippen molar-refractivity contribution in [2.75, 3.05) is 0 Å². The van der Waals surface area contributed by atoms with Crippen LogP contribution in [-0.4, -0.2) is 11.1 Å². The van der Waals surface area contributed by atoms with E-state index in [4.69, 9.17) is 5.11 Å². The van der Waals surface area contributed by atoms with E-state index in [9.17, 15) is 4.79 Å². The minimum atomic E-state index is -0.733. The third kappa shape index (κ3) is 4.96. The van der Waals surface area contributed by atoms with Gasteiger partial charge in [-0.1, -0.05) is 52.0 Å². The number of hydrogen-bond acceptors (Lipinski definition) is 1. The average molecular weight is 222 g/mol. The minimum absolute atomic E-state index is 0.212. The molecule has 16 heavy (non-hydrogen) atoms. The van der Waals surface area contributed by atoms with Crippen molar-refractivity contribution in [3.8, 4) is 0 Å². The van der Waals surface area contributed by atoms with Crippen molar-refractivity contribution in [2.45, 2.75) is 46.5 Å². The van der Waals surface area contributed by atoms with Crippen LogP contribution >= 0.6 is 0 Å². The van der Waals surface area contributed by atoms with Gasteiger partial charge in [-0.15, -0.1) is 0 Å². The second-order valence-corrected chi connectivity index (χ2v) is 3.75. The molecule has 0 atom stereocenters. The molecule has 0 aliphatic rings. The molecule has 0 aromatic heterocycles. The second kappa shape index (κ2) is 7.91. The van der Waals surface area contributed by atoms with Gasteiger partial charge >= 0.3 is 5.97 Å². The van der Waals surface area contributed by atoms with Crippen molar-refractivity contribution in [1.82, 2.24) is 0 Å². The Kier molecular flexibility index (Phi) is 7.27. The van der Waals surface area contributed by atoms with Crippen LogP contribution in [0.2, 0.25) is 0 Å². The topological polar surface area (TPSA) is 37.3 Å². The Hall–Kier alpha value is -1.31. The fraction of sp³-hybridized carbons (Fsp3) is 0.500. The van der Waals surface area contributed by atoms with Crippen LogP contribution in [0.3, 0.4) is 0 Å². The lowest BCUT2D eigenvalue weighted by Crippen LogP contribution is -2.01. The Morgan fingerprint density at radius 3 is 2.31 bits per heavy atom. The SMILES string of the molecule is CC.CC(C)c1ccccc1CCC(=O)O. The molecule has 1 N–H and O–H groups in total. The van der Waals surface area contributed by atoms with Crippen molar-refractivity contribution < 1.29 is 9.90 Å². The van der Waals surface area contributed by atoms with E-state index in [1.165, 1.54) is 5.56 Å². The maximum atomic E-state index is 10.5. The largest absolute Gasteiger partial charge is 0.481 e. The fourth-order valence-electron chi connectivity index (χ4n) is 1.57. The first-order valence-corrected chi connectivity index (χ1v) is 5.91. The van der Waals surface area contributed by atoms with E-state index < -0.39 is 5.97 Å². The van der Waals surface area contributed by atoms with Crippen LogP contribution in [-0.2, 0) is 11.2 Å². The lowest BCUT2D eigenvalue weighted by molar-refractivity contribution is -0.136. The van der Waals surface area contributed by atoms with Crippen LogP contribution in [0.5, 0.6) is 0 Å². The zero-order valence-corrected chi connectivity index (χ0v) is 10.7. The third-order valence-electron chi connectivity index (χ3n) is 2.29. The molecular weight excluding hydrogens is 200 g/mol. The molecule has 0 radical (unpaired) electrons. The van der Waals surface area contributed by atoms with E-state index in [2.05, 4.69) is 19.9 Å². The summed E-state index contributed by atoms with van der Waals surface area (Å²) in [5, 5.41) is 8.60. The number of rotatable bonds is 4. The molecule has 1 rings (SSSR count). The molecule has 0 aliphatic carbocycles. The molecule has 90 valence electrons. The van der Waals surface area contributed by atoms with Gasteiger partial charge in [0, 0.05) is 6.42 Å². The predicted octanol–water partition coefficient (Wildman–Crippen LogP) is 3.85. The molecule has 1 aromatic rings. The van der Waals surface area contributed by atoms with Crippen LogP contribution in [0.15, 0.2) is 24.3 Å². The van der Waals surface area contributed by atoms with Crippen LogP contribution < -0.4 is 0 Å². The van der Waals surface area contributed by atoms with Crippen molar-refractivity contribution in [3.63, 3.8) is 0 Å². The first-order valence-electron chi connectivity index (χ1n) is 5.91. The van der Waals surface area contributed by atoms with Crippen molar-refractivity contribution in [2.24, 2.45) is 0 Å². The van der Waals surface area contributed by atoms with Gasteiger partial charge < -0.3 is 5.11 Å². The maximum Gasteiger partial charge on any atom is 0.303 e. The van der Waals surface area contributed by atoms with Gasteiger partial charge in [-0.25, -0.2) is 0 Å². The summed E-state index contributed by atoms with van der Waals surface area (Å²) < 4.78 is 0. The molecular formula is C14H22O2. The Balaban J connectivity index is 0.00000106. The van der Waals surface area contributed by atoms with Gasteiger partial charge in [0.15, 0.2) is 0 Å². The number of aryl methyl sites for hydroxylation is 1. The van der Waals surface area contributed by atoms with Gasteiger partial charge in [0.05, 0.1) is 0 Å². The first kappa shape index (κ1) is 14.7. The molecule has 1 aromatic carbocycles. The van der Waals surface area contributed by atoms with Crippen molar-refractivity contribution in [1.29, 1.82) is 0 Å². The van der Waals surface area contributed by atoms with Gasteiger partial charge in [-0.2, -0.15) is 0 Å².